The molecular weight excluding hydrogens is 212 g/mol. The quantitative estimate of drug-likeness (QED) is 0.811. The molecule has 2 heterocycles. The Hall–Kier alpha value is -1.71. The van der Waals surface area contributed by atoms with Gasteiger partial charge in [-0.3, -0.25) is 4.98 Å². The fraction of sp³-hybridized carbons (Fsp3) is 0.462. The van der Waals surface area contributed by atoms with E-state index in [-0.39, 0.29) is 0 Å². The van der Waals surface area contributed by atoms with E-state index >= 15 is 0 Å². The van der Waals surface area contributed by atoms with E-state index in [1.54, 1.807) is 4.80 Å². The van der Waals surface area contributed by atoms with Crippen LogP contribution in [0.5, 0.6) is 0 Å². The summed E-state index contributed by atoms with van der Waals surface area (Å²) >= 11 is 0. The first-order chi connectivity index (χ1) is 8.24. The molecule has 0 aromatic carbocycles. The summed E-state index contributed by atoms with van der Waals surface area (Å²) in [5.41, 5.74) is 3.20. The van der Waals surface area contributed by atoms with E-state index in [0.29, 0.717) is 11.8 Å². The van der Waals surface area contributed by atoms with Gasteiger partial charge in [-0.2, -0.15) is 15.0 Å². The molecule has 4 nitrogen and oxygen atoms in total. The van der Waals surface area contributed by atoms with Crippen LogP contribution in [-0.2, 0) is 0 Å². The van der Waals surface area contributed by atoms with Crippen molar-refractivity contribution in [3.8, 4) is 5.69 Å². The van der Waals surface area contributed by atoms with E-state index in [0.717, 1.165) is 11.4 Å². The van der Waals surface area contributed by atoms with Gasteiger partial charge in [0.1, 0.15) is 0 Å². The third-order valence-electron chi connectivity index (χ3n) is 3.09. The van der Waals surface area contributed by atoms with Crippen LogP contribution in [0.3, 0.4) is 0 Å². The molecule has 0 N–H and O–H groups in total. The van der Waals surface area contributed by atoms with E-state index < -0.39 is 0 Å². The Kier molecular flexibility index (Phi) is 2.42. The molecule has 1 saturated carbocycles. The molecule has 0 unspecified atom stereocenters. The first-order valence-corrected chi connectivity index (χ1v) is 6.12. The second kappa shape index (κ2) is 3.95. The molecule has 1 aliphatic carbocycles. The smallest absolute Gasteiger partial charge is 0.0890 e. The minimum absolute atomic E-state index is 0.411. The maximum Gasteiger partial charge on any atom is 0.0890 e. The summed E-state index contributed by atoms with van der Waals surface area (Å²) in [6, 6.07) is 4.05. The standard InChI is InChI=1S/C13H16N4/c1-9(2)13-8-15-17(16-13)11-5-6-14-12(7-11)10-3-4-10/h5-10H,3-4H2,1-2H3. The van der Waals surface area contributed by atoms with E-state index in [4.69, 9.17) is 0 Å². The highest BCUT2D eigenvalue weighted by molar-refractivity contribution is 5.32. The van der Waals surface area contributed by atoms with Gasteiger partial charge in [-0.05, 0) is 30.9 Å². The van der Waals surface area contributed by atoms with Gasteiger partial charge in [0, 0.05) is 17.8 Å². The summed E-state index contributed by atoms with van der Waals surface area (Å²) in [4.78, 5) is 6.10. The van der Waals surface area contributed by atoms with Crippen LogP contribution in [0.25, 0.3) is 5.69 Å². The van der Waals surface area contributed by atoms with Crippen molar-refractivity contribution in [2.75, 3.05) is 0 Å². The zero-order chi connectivity index (χ0) is 11.8. The molecule has 0 bridgehead atoms. The molecule has 88 valence electrons. The topological polar surface area (TPSA) is 43.6 Å². The van der Waals surface area contributed by atoms with Crippen LogP contribution in [0, 0.1) is 0 Å². The largest absolute Gasteiger partial charge is 0.261 e. The normalized spacial score (nSPS) is 15.5. The van der Waals surface area contributed by atoms with Gasteiger partial charge in [-0.1, -0.05) is 13.8 Å². The summed E-state index contributed by atoms with van der Waals surface area (Å²) in [7, 11) is 0. The van der Waals surface area contributed by atoms with Gasteiger partial charge in [-0.25, -0.2) is 0 Å². The Bertz CT molecular complexity index is 526. The zero-order valence-electron chi connectivity index (χ0n) is 10.2. The monoisotopic (exact) mass is 228 g/mol. The molecule has 0 aliphatic heterocycles. The van der Waals surface area contributed by atoms with Crippen LogP contribution in [0.1, 0.15) is 49.9 Å². The number of pyridine rings is 1. The molecule has 0 radical (unpaired) electrons. The first-order valence-electron chi connectivity index (χ1n) is 6.12. The average Bonchev–Trinajstić information content (AvgIpc) is 3.06. The maximum atomic E-state index is 4.48. The van der Waals surface area contributed by atoms with E-state index in [9.17, 15) is 0 Å². The minimum Gasteiger partial charge on any atom is -0.261 e. The van der Waals surface area contributed by atoms with Crippen molar-refractivity contribution >= 4 is 0 Å². The Morgan fingerprint density at radius 3 is 2.82 bits per heavy atom. The Balaban J connectivity index is 1.93. The van der Waals surface area contributed by atoms with E-state index in [1.807, 2.05) is 18.5 Å². The fourth-order valence-electron chi connectivity index (χ4n) is 1.83. The van der Waals surface area contributed by atoms with Crippen molar-refractivity contribution in [2.45, 2.75) is 38.5 Å². The lowest BCUT2D eigenvalue weighted by molar-refractivity contribution is 0.715. The maximum absolute atomic E-state index is 4.48. The zero-order valence-corrected chi connectivity index (χ0v) is 10.2. The number of hydrogen-bond donors (Lipinski definition) is 0. The van der Waals surface area contributed by atoms with Gasteiger partial charge in [0.25, 0.3) is 0 Å². The molecule has 1 aliphatic rings. The molecule has 0 spiro atoms. The average molecular weight is 228 g/mol. The molecule has 0 amide bonds. The third kappa shape index (κ3) is 2.07. The fourth-order valence-corrected chi connectivity index (χ4v) is 1.83. The number of aromatic nitrogens is 4. The molecule has 17 heavy (non-hydrogen) atoms. The molecule has 3 rings (SSSR count). The van der Waals surface area contributed by atoms with Crippen molar-refractivity contribution in [1.82, 2.24) is 20.0 Å². The molecule has 0 saturated heterocycles. The SMILES string of the molecule is CC(C)c1cnn(-c2ccnc(C3CC3)c2)n1. The summed E-state index contributed by atoms with van der Waals surface area (Å²) in [5, 5.41) is 8.78. The van der Waals surface area contributed by atoms with Crippen molar-refractivity contribution in [1.29, 1.82) is 0 Å². The van der Waals surface area contributed by atoms with Crippen LogP contribution in [0.15, 0.2) is 24.5 Å². The number of hydrogen-bond acceptors (Lipinski definition) is 3. The van der Waals surface area contributed by atoms with Crippen LogP contribution in [0.2, 0.25) is 0 Å². The summed E-state index contributed by atoms with van der Waals surface area (Å²) in [5.74, 6) is 1.07. The molecule has 2 aromatic rings. The second-order valence-electron chi connectivity index (χ2n) is 4.93. The summed E-state index contributed by atoms with van der Waals surface area (Å²) < 4.78 is 0. The van der Waals surface area contributed by atoms with Crippen molar-refractivity contribution in [2.24, 2.45) is 0 Å². The van der Waals surface area contributed by atoms with E-state index in [1.165, 1.54) is 18.5 Å². The van der Waals surface area contributed by atoms with Crippen LogP contribution >= 0.6 is 0 Å². The van der Waals surface area contributed by atoms with Crippen molar-refractivity contribution < 1.29 is 0 Å². The van der Waals surface area contributed by atoms with Crippen molar-refractivity contribution in [3.05, 3.63) is 35.9 Å². The van der Waals surface area contributed by atoms with Crippen LogP contribution < -0.4 is 0 Å². The van der Waals surface area contributed by atoms with Gasteiger partial charge in [0.05, 0.1) is 17.6 Å². The highest BCUT2D eigenvalue weighted by Crippen LogP contribution is 2.39. The molecule has 4 heteroatoms. The summed E-state index contributed by atoms with van der Waals surface area (Å²) in [6.45, 7) is 4.24. The van der Waals surface area contributed by atoms with Crippen LogP contribution in [0.4, 0.5) is 0 Å². The van der Waals surface area contributed by atoms with Crippen LogP contribution in [-0.4, -0.2) is 20.0 Å². The predicted octanol–water partition coefficient (Wildman–Crippen LogP) is 2.66. The lowest BCUT2D eigenvalue weighted by Crippen LogP contribution is -2.01. The second-order valence-corrected chi connectivity index (χ2v) is 4.93. The Morgan fingerprint density at radius 1 is 1.35 bits per heavy atom. The molecule has 1 fully saturated rings. The molecule has 0 atom stereocenters. The number of nitrogens with zero attached hydrogens (tertiary/aromatic N) is 4. The third-order valence-corrected chi connectivity index (χ3v) is 3.09. The highest BCUT2D eigenvalue weighted by atomic mass is 15.5. The van der Waals surface area contributed by atoms with E-state index in [2.05, 4.69) is 35.1 Å². The van der Waals surface area contributed by atoms with Crippen molar-refractivity contribution in [3.63, 3.8) is 0 Å². The minimum atomic E-state index is 0.411. The lowest BCUT2D eigenvalue weighted by atomic mass is 10.2. The lowest BCUT2D eigenvalue weighted by Gasteiger charge is -2.02. The Labute approximate surface area is 101 Å². The number of rotatable bonds is 3. The molecule has 2 aromatic heterocycles. The molecular formula is C13H16N4. The summed E-state index contributed by atoms with van der Waals surface area (Å²) in [6.07, 6.45) is 6.21. The Morgan fingerprint density at radius 2 is 2.18 bits per heavy atom. The first kappa shape index (κ1) is 10.4. The van der Waals surface area contributed by atoms with Gasteiger partial charge in [-0.15, -0.1) is 0 Å². The van der Waals surface area contributed by atoms with Gasteiger partial charge < -0.3 is 0 Å². The van der Waals surface area contributed by atoms with Gasteiger partial charge in [0.2, 0.25) is 0 Å². The van der Waals surface area contributed by atoms with Gasteiger partial charge >= 0.3 is 0 Å². The van der Waals surface area contributed by atoms with Gasteiger partial charge in [0.15, 0.2) is 0 Å². The highest BCUT2D eigenvalue weighted by Gasteiger charge is 2.25. The predicted molar refractivity (Wildman–Crippen MR) is 65.2 cm³/mol.